The summed E-state index contributed by atoms with van der Waals surface area (Å²) in [6.07, 6.45) is 5.26. The number of carbonyl (C=O) groups excluding carboxylic acids is 1. The summed E-state index contributed by atoms with van der Waals surface area (Å²) in [5.74, 6) is 0.400. The number of piperazine rings is 1. The number of aromatic nitrogens is 4. The van der Waals surface area contributed by atoms with Gasteiger partial charge in [0.2, 0.25) is 0 Å². The van der Waals surface area contributed by atoms with Gasteiger partial charge in [-0.15, -0.1) is 0 Å². The number of amides is 1. The second kappa shape index (κ2) is 8.76. The van der Waals surface area contributed by atoms with Gasteiger partial charge in [0.05, 0.1) is 18.3 Å². The molecule has 0 saturated carbocycles. The van der Waals surface area contributed by atoms with Crippen molar-refractivity contribution in [2.75, 3.05) is 50.9 Å². The number of hydrogen-bond acceptors (Lipinski definition) is 8. The van der Waals surface area contributed by atoms with Gasteiger partial charge in [0.25, 0.3) is 5.91 Å². The average Bonchev–Trinajstić information content (AvgIpc) is 3.22. The quantitative estimate of drug-likeness (QED) is 0.413. The van der Waals surface area contributed by atoms with Gasteiger partial charge in [0.15, 0.2) is 5.16 Å². The van der Waals surface area contributed by atoms with Crippen molar-refractivity contribution in [1.29, 1.82) is 0 Å². The van der Waals surface area contributed by atoms with Crippen LogP contribution in [0.4, 0.5) is 11.5 Å². The number of thioether (sulfide) groups is 1. The zero-order chi connectivity index (χ0) is 20.2. The SMILES string of the molecule is CSc1ncc(C(=O)N2CCN(CCO)CC2)c(Nc2ccc3cn[nH]c3c2)n1. The molecule has 1 aliphatic heterocycles. The number of aliphatic hydroxyl groups excluding tert-OH is 1. The summed E-state index contributed by atoms with van der Waals surface area (Å²) in [5.41, 5.74) is 2.17. The first-order chi connectivity index (χ1) is 14.2. The highest BCUT2D eigenvalue weighted by molar-refractivity contribution is 7.98. The minimum Gasteiger partial charge on any atom is -0.395 e. The molecule has 4 rings (SSSR count). The third-order valence-corrected chi connectivity index (χ3v) is 5.52. The van der Waals surface area contributed by atoms with E-state index in [1.807, 2.05) is 29.4 Å². The second-order valence-corrected chi connectivity index (χ2v) is 7.55. The molecule has 0 aliphatic carbocycles. The Kier molecular flexibility index (Phi) is 5.93. The minimum atomic E-state index is -0.0913. The van der Waals surface area contributed by atoms with Gasteiger partial charge in [0.1, 0.15) is 11.4 Å². The van der Waals surface area contributed by atoms with E-state index in [2.05, 4.69) is 30.4 Å². The van der Waals surface area contributed by atoms with E-state index in [1.54, 1.807) is 12.4 Å². The molecule has 1 aliphatic rings. The van der Waals surface area contributed by atoms with Gasteiger partial charge in [-0.1, -0.05) is 11.8 Å². The van der Waals surface area contributed by atoms with Crippen LogP contribution < -0.4 is 5.32 Å². The highest BCUT2D eigenvalue weighted by Gasteiger charge is 2.25. The summed E-state index contributed by atoms with van der Waals surface area (Å²) >= 11 is 1.43. The molecule has 29 heavy (non-hydrogen) atoms. The third-order valence-electron chi connectivity index (χ3n) is 4.96. The molecule has 3 N–H and O–H groups in total. The Morgan fingerprint density at radius 3 is 2.86 bits per heavy atom. The molecule has 3 aromatic rings. The Hall–Kier alpha value is -2.69. The number of anilines is 2. The van der Waals surface area contributed by atoms with Crippen molar-refractivity contribution < 1.29 is 9.90 Å². The lowest BCUT2D eigenvalue weighted by Crippen LogP contribution is -2.49. The summed E-state index contributed by atoms with van der Waals surface area (Å²) in [6.45, 7) is 3.49. The first-order valence-electron chi connectivity index (χ1n) is 9.41. The predicted octanol–water partition coefficient (Wildman–Crippen LogP) is 1.57. The lowest BCUT2D eigenvalue weighted by molar-refractivity contribution is 0.0615. The lowest BCUT2D eigenvalue weighted by Gasteiger charge is -2.34. The largest absolute Gasteiger partial charge is 0.395 e. The predicted molar refractivity (Wildman–Crippen MR) is 113 cm³/mol. The number of nitrogens with one attached hydrogen (secondary N) is 2. The van der Waals surface area contributed by atoms with Crippen LogP contribution in [0.25, 0.3) is 10.9 Å². The first kappa shape index (κ1) is 19.6. The van der Waals surface area contributed by atoms with Crippen LogP contribution in [-0.2, 0) is 0 Å². The lowest BCUT2D eigenvalue weighted by atomic mass is 10.2. The maximum atomic E-state index is 13.2. The highest BCUT2D eigenvalue weighted by Crippen LogP contribution is 2.25. The first-order valence-corrected chi connectivity index (χ1v) is 10.6. The number of aromatic amines is 1. The topological polar surface area (TPSA) is 110 Å². The summed E-state index contributed by atoms with van der Waals surface area (Å²) in [6, 6.07) is 5.82. The fourth-order valence-corrected chi connectivity index (χ4v) is 3.69. The molecule has 152 valence electrons. The summed E-state index contributed by atoms with van der Waals surface area (Å²) in [7, 11) is 0. The van der Waals surface area contributed by atoms with Crippen LogP contribution in [0.5, 0.6) is 0 Å². The molecule has 2 aromatic heterocycles. The molecular weight excluding hydrogens is 390 g/mol. The number of fused-ring (bicyclic) bond motifs is 1. The molecule has 0 spiro atoms. The van der Waals surface area contributed by atoms with Gasteiger partial charge in [-0.05, 0) is 24.5 Å². The molecule has 1 saturated heterocycles. The number of aliphatic hydroxyl groups is 1. The van der Waals surface area contributed by atoms with Gasteiger partial charge in [0, 0.05) is 50.0 Å². The van der Waals surface area contributed by atoms with Crippen LogP contribution >= 0.6 is 11.8 Å². The molecule has 0 atom stereocenters. The zero-order valence-electron chi connectivity index (χ0n) is 16.1. The Labute approximate surface area is 172 Å². The van der Waals surface area contributed by atoms with Gasteiger partial charge in [-0.2, -0.15) is 5.10 Å². The van der Waals surface area contributed by atoms with Crippen molar-refractivity contribution in [3.63, 3.8) is 0 Å². The van der Waals surface area contributed by atoms with Crippen molar-refractivity contribution in [2.24, 2.45) is 0 Å². The number of H-pyrrole nitrogens is 1. The fraction of sp³-hybridized carbons (Fsp3) is 0.368. The van der Waals surface area contributed by atoms with E-state index < -0.39 is 0 Å². The van der Waals surface area contributed by atoms with E-state index in [4.69, 9.17) is 5.11 Å². The standard InChI is InChI=1S/C19H23N7O2S/c1-29-19-20-12-15(18(28)26-6-4-25(5-7-26)8-9-27)17(23-19)22-14-3-2-13-11-21-24-16(13)10-14/h2-3,10-12,27H,4-9H2,1H3,(H,21,24)(H,20,22,23). The van der Waals surface area contributed by atoms with Crippen LogP contribution in [0.3, 0.4) is 0 Å². The number of hydrogen-bond donors (Lipinski definition) is 3. The van der Waals surface area contributed by atoms with Gasteiger partial charge in [-0.3, -0.25) is 14.8 Å². The number of rotatable bonds is 6. The second-order valence-electron chi connectivity index (χ2n) is 6.77. The van der Waals surface area contributed by atoms with Crippen molar-refractivity contribution in [3.8, 4) is 0 Å². The van der Waals surface area contributed by atoms with Gasteiger partial charge in [-0.25, -0.2) is 9.97 Å². The fourth-order valence-electron chi connectivity index (χ4n) is 3.35. The normalized spacial score (nSPS) is 15.0. The van der Waals surface area contributed by atoms with Gasteiger partial charge < -0.3 is 15.3 Å². The molecule has 9 nitrogen and oxygen atoms in total. The third kappa shape index (κ3) is 4.34. The Morgan fingerprint density at radius 2 is 2.10 bits per heavy atom. The molecule has 10 heteroatoms. The number of nitrogens with zero attached hydrogens (tertiary/aromatic N) is 5. The van der Waals surface area contributed by atoms with Crippen molar-refractivity contribution in [3.05, 3.63) is 36.2 Å². The smallest absolute Gasteiger partial charge is 0.259 e. The van der Waals surface area contributed by atoms with Crippen molar-refractivity contribution >= 4 is 40.1 Å². The molecule has 3 heterocycles. The van der Waals surface area contributed by atoms with E-state index in [9.17, 15) is 4.79 Å². The van der Waals surface area contributed by atoms with E-state index in [0.29, 0.717) is 36.2 Å². The molecular formula is C19H23N7O2S. The maximum absolute atomic E-state index is 13.2. The van der Waals surface area contributed by atoms with Crippen LogP contribution in [0.2, 0.25) is 0 Å². The van der Waals surface area contributed by atoms with E-state index in [-0.39, 0.29) is 12.5 Å². The summed E-state index contributed by atoms with van der Waals surface area (Å²) in [5, 5.41) is 21.0. The van der Waals surface area contributed by atoms with E-state index in [1.165, 1.54) is 11.8 Å². The molecule has 0 bridgehead atoms. The number of β-amino-alcohol motifs (C(OH)–C–C–N with tert-alkyl or cyclic N) is 1. The number of benzene rings is 1. The summed E-state index contributed by atoms with van der Waals surface area (Å²) in [4.78, 5) is 26.0. The zero-order valence-corrected chi connectivity index (χ0v) is 16.9. The molecule has 1 fully saturated rings. The molecule has 1 aromatic carbocycles. The number of carbonyl (C=O) groups is 1. The van der Waals surface area contributed by atoms with Crippen molar-refractivity contribution in [1.82, 2.24) is 30.0 Å². The minimum absolute atomic E-state index is 0.0913. The summed E-state index contributed by atoms with van der Waals surface area (Å²) < 4.78 is 0. The molecule has 0 unspecified atom stereocenters. The molecule has 1 amide bonds. The highest BCUT2D eigenvalue weighted by atomic mass is 32.2. The van der Waals surface area contributed by atoms with E-state index in [0.717, 1.165) is 29.7 Å². The Balaban J connectivity index is 1.57. The molecule has 0 radical (unpaired) electrons. The average molecular weight is 414 g/mol. The van der Waals surface area contributed by atoms with Crippen LogP contribution in [-0.4, -0.2) is 86.6 Å². The Bertz CT molecular complexity index is 1000. The van der Waals surface area contributed by atoms with Gasteiger partial charge >= 0.3 is 0 Å². The van der Waals surface area contributed by atoms with Crippen molar-refractivity contribution in [2.45, 2.75) is 5.16 Å². The maximum Gasteiger partial charge on any atom is 0.259 e. The Morgan fingerprint density at radius 1 is 1.28 bits per heavy atom. The van der Waals surface area contributed by atoms with Crippen LogP contribution in [0, 0.1) is 0 Å². The monoisotopic (exact) mass is 413 g/mol. The van der Waals surface area contributed by atoms with E-state index >= 15 is 0 Å². The van der Waals surface area contributed by atoms with Crippen LogP contribution in [0.15, 0.2) is 35.7 Å². The van der Waals surface area contributed by atoms with Crippen LogP contribution in [0.1, 0.15) is 10.4 Å².